The number of hydrogen-bond acceptors (Lipinski definition) is 5. The van der Waals surface area contributed by atoms with E-state index >= 15 is 0 Å². The van der Waals surface area contributed by atoms with Crippen molar-refractivity contribution in [2.75, 3.05) is 12.4 Å². The van der Waals surface area contributed by atoms with E-state index in [1.165, 1.54) is 0 Å². The molecule has 0 bridgehead atoms. The monoisotopic (exact) mass is 298 g/mol. The Morgan fingerprint density at radius 2 is 2.05 bits per heavy atom. The van der Waals surface area contributed by atoms with Gasteiger partial charge in [-0.2, -0.15) is 0 Å². The van der Waals surface area contributed by atoms with Crippen LogP contribution in [0.5, 0.6) is 0 Å². The maximum Gasteiger partial charge on any atom is 0.161 e. The van der Waals surface area contributed by atoms with E-state index in [-0.39, 0.29) is 0 Å². The average molecular weight is 298 g/mol. The molecule has 0 amide bonds. The summed E-state index contributed by atoms with van der Waals surface area (Å²) in [5, 5.41) is 3.35. The molecule has 6 heteroatoms. The molecule has 0 saturated heterocycles. The maximum atomic E-state index is 5.67. The van der Waals surface area contributed by atoms with E-state index in [0.717, 1.165) is 28.9 Å². The lowest BCUT2D eigenvalue weighted by atomic mass is 10.3. The van der Waals surface area contributed by atoms with Crippen LogP contribution in [0.1, 0.15) is 17.3 Å². The van der Waals surface area contributed by atoms with Gasteiger partial charge in [0.2, 0.25) is 0 Å². The molecule has 22 heavy (non-hydrogen) atoms. The second-order valence-electron chi connectivity index (χ2n) is 4.87. The molecule has 3 heterocycles. The number of ether oxygens (including phenoxy) is 1. The summed E-state index contributed by atoms with van der Waals surface area (Å²) in [7, 11) is 1.65. The Kier molecular flexibility index (Phi) is 4.20. The van der Waals surface area contributed by atoms with Crippen molar-refractivity contribution >= 4 is 5.69 Å². The molecule has 0 fully saturated rings. The van der Waals surface area contributed by atoms with Gasteiger partial charge >= 0.3 is 0 Å². The van der Waals surface area contributed by atoms with E-state index in [2.05, 4.69) is 15.3 Å². The summed E-state index contributed by atoms with van der Waals surface area (Å²) in [5.41, 5.74) is 0.924. The summed E-state index contributed by atoms with van der Waals surface area (Å²) in [6, 6.07) is 7.75. The number of imidazole rings is 1. The average Bonchev–Trinajstić information content (AvgIpc) is 3.15. The smallest absolute Gasteiger partial charge is 0.161 e. The highest BCUT2D eigenvalue weighted by Gasteiger charge is 2.09. The van der Waals surface area contributed by atoms with Crippen molar-refractivity contribution in [3.05, 3.63) is 60.2 Å². The summed E-state index contributed by atoms with van der Waals surface area (Å²) >= 11 is 0. The molecule has 6 nitrogen and oxygen atoms in total. The van der Waals surface area contributed by atoms with E-state index in [0.29, 0.717) is 13.2 Å². The van der Waals surface area contributed by atoms with Crippen LogP contribution < -0.4 is 5.32 Å². The van der Waals surface area contributed by atoms with Crippen LogP contribution in [-0.4, -0.2) is 21.6 Å². The second-order valence-corrected chi connectivity index (χ2v) is 4.87. The van der Waals surface area contributed by atoms with Crippen molar-refractivity contribution in [3.8, 4) is 5.82 Å². The first-order valence-corrected chi connectivity index (χ1v) is 7.03. The Morgan fingerprint density at radius 3 is 2.82 bits per heavy atom. The van der Waals surface area contributed by atoms with Gasteiger partial charge in [-0.25, -0.2) is 9.97 Å². The van der Waals surface area contributed by atoms with Crippen LogP contribution in [0, 0.1) is 6.92 Å². The molecule has 3 aromatic rings. The van der Waals surface area contributed by atoms with Gasteiger partial charge in [-0.05, 0) is 31.2 Å². The molecule has 0 aromatic carbocycles. The molecule has 3 aromatic heterocycles. The Bertz CT molecular complexity index is 748. The van der Waals surface area contributed by atoms with Crippen molar-refractivity contribution < 1.29 is 9.15 Å². The number of anilines is 1. The second kappa shape index (κ2) is 6.44. The summed E-state index contributed by atoms with van der Waals surface area (Å²) < 4.78 is 12.7. The Hall–Kier alpha value is -2.60. The summed E-state index contributed by atoms with van der Waals surface area (Å²) in [5.74, 6) is 3.38. The fourth-order valence-corrected chi connectivity index (χ4v) is 2.25. The molecule has 114 valence electrons. The number of methoxy groups -OCH3 is 1. The maximum absolute atomic E-state index is 5.67. The highest BCUT2D eigenvalue weighted by molar-refractivity contribution is 5.57. The minimum absolute atomic E-state index is 0.479. The van der Waals surface area contributed by atoms with Crippen molar-refractivity contribution in [1.82, 2.24) is 14.5 Å². The summed E-state index contributed by atoms with van der Waals surface area (Å²) in [4.78, 5) is 8.68. The highest BCUT2D eigenvalue weighted by Crippen LogP contribution is 2.20. The van der Waals surface area contributed by atoms with Crippen LogP contribution in [0.3, 0.4) is 0 Å². The van der Waals surface area contributed by atoms with Crippen LogP contribution in [0.25, 0.3) is 5.82 Å². The number of furan rings is 1. The quantitative estimate of drug-likeness (QED) is 0.758. The number of nitrogens with one attached hydrogen (secondary N) is 1. The number of rotatable bonds is 6. The van der Waals surface area contributed by atoms with Crippen LogP contribution in [0.15, 0.2) is 47.3 Å². The molecule has 0 spiro atoms. The lowest BCUT2D eigenvalue weighted by molar-refractivity contribution is 0.163. The summed E-state index contributed by atoms with van der Waals surface area (Å²) in [6.07, 6.45) is 5.42. The minimum Gasteiger partial charge on any atom is -0.462 e. The van der Waals surface area contributed by atoms with Crippen LogP contribution in [0.2, 0.25) is 0 Å². The molecule has 0 unspecified atom stereocenters. The van der Waals surface area contributed by atoms with Gasteiger partial charge in [-0.1, -0.05) is 0 Å². The minimum atomic E-state index is 0.479. The third kappa shape index (κ3) is 3.01. The molecule has 0 aliphatic carbocycles. The Morgan fingerprint density at radius 1 is 1.18 bits per heavy atom. The number of pyridine rings is 1. The van der Waals surface area contributed by atoms with Crippen LogP contribution in [0.4, 0.5) is 5.69 Å². The third-order valence-electron chi connectivity index (χ3n) is 3.30. The molecule has 0 saturated carbocycles. The van der Waals surface area contributed by atoms with Gasteiger partial charge in [0.25, 0.3) is 0 Å². The standard InChI is InChI=1S/C16H18N4O2/c1-12-17-8-9-20(12)16-15(4-3-7-18-16)19-10-13-5-6-14(22-13)11-21-2/h3-9,19H,10-11H2,1-2H3. The van der Waals surface area contributed by atoms with Gasteiger partial charge in [0.15, 0.2) is 5.82 Å². The lowest BCUT2D eigenvalue weighted by Crippen LogP contribution is -2.06. The predicted molar refractivity (Wildman–Crippen MR) is 82.8 cm³/mol. The topological polar surface area (TPSA) is 65.1 Å². The zero-order valence-corrected chi connectivity index (χ0v) is 12.6. The van der Waals surface area contributed by atoms with Gasteiger partial charge < -0.3 is 14.5 Å². The molecule has 0 aliphatic rings. The lowest BCUT2D eigenvalue weighted by Gasteiger charge is -2.11. The Labute approximate surface area is 128 Å². The van der Waals surface area contributed by atoms with Gasteiger partial charge in [0.1, 0.15) is 24.0 Å². The van der Waals surface area contributed by atoms with E-state index in [1.807, 2.05) is 42.0 Å². The van der Waals surface area contributed by atoms with E-state index < -0.39 is 0 Å². The van der Waals surface area contributed by atoms with E-state index in [4.69, 9.17) is 9.15 Å². The van der Waals surface area contributed by atoms with Gasteiger partial charge in [-0.15, -0.1) is 0 Å². The first kappa shape index (κ1) is 14.3. The third-order valence-corrected chi connectivity index (χ3v) is 3.30. The fourth-order valence-electron chi connectivity index (χ4n) is 2.25. The number of nitrogens with zero attached hydrogens (tertiary/aromatic N) is 3. The number of aromatic nitrogens is 3. The molecule has 0 aliphatic heterocycles. The molecule has 0 radical (unpaired) electrons. The largest absolute Gasteiger partial charge is 0.462 e. The molecular formula is C16H18N4O2. The van der Waals surface area contributed by atoms with Gasteiger partial charge in [0.05, 0.1) is 12.2 Å². The van der Waals surface area contributed by atoms with Crippen molar-refractivity contribution in [2.45, 2.75) is 20.1 Å². The Balaban J connectivity index is 1.76. The first-order chi connectivity index (χ1) is 10.8. The zero-order valence-electron chi connectivity index (χ0n) is 12.6. The SMILES string of the molecule is COCc1ccc(CNc2cccnc2-n2ccnc2C)o1. The van der Waals surface area contributed by atoms with E-state index in [9.17, 15) is 0 Å². The molecule has 1 N–H and O–H groups in total. The molecular weight excluding hydrogens is 280 g/mol. The van der Waals surface area contributed by atoms with Gasteiger partial charge in [-0.3, -0.25) is 4.57 Å². The molecule has 3 rings (SSSR count). The summed E-state index contributed by atoms with van der Waals surface area (Å²) in [6.45, 7) is 3.00. The normalized spacial score (nSPS) is 10.8. The zero-order chi connectivity index (χ0) is 15.4. The van der Waals surface area contributed by atoms with Gasteiger partial charge in [0, 0.05) is 25.7 Å². The predicted octanol–water partition coefficient (Wildman–Crippen LogP) is 2.93. The van der Waals surface area contributed by atoms with Crippen molar-refractivity contribution in [3.63, 3.8) is 0 Å². The molecule has 0 atom stereocenters. The number of hydrogen-bond donors (Lipinski definition) is 1. The highest BCUT2D eigenvalue weighted by atomic mass is 16.5. The van der Waals surface area contributed by atoms with Crippen molar-refractivity contribution in [2.24, 2.45) is 0 Å². The van der Waals surface area contributed by atoms with Crippen molar-refractivity contribution in [1.29, 1.82) is 0 Å². The fraction of sp³-hybridized carbons (Fsp3) is 0.250. The first-order valence-electron chi connectivity index (χ1n) is 7.03. The number of aryl methyl sites for hydroxylation is 1. The van der Waals surface area contributed by atoms with E-state index in [1.54, 1.807) is 19.5 Å². The van der Waals surface area contributed by atoms with Crippen LogP contribution >= 0.6 is 0 Å². The van der Waals surface area contributed by atoms with Crippen LogP contribution in [-0.2, 0) is 17.9 Å².